The minimum absolute atomic E-state index is 0.0383. The number of fused-ring (bicyclic) bond motifs is 6. The second-order valence-electron chi connectivity index (χ2n) is 34.7. The zero-order valence-corrected chi connectivity index (χ0v) is 67.7. The van der Waals surface area contributed by atoms with Gasteiger partial charge in [-0.25, -0.2) is 36.0 Å². The Balaban J connectivity index is 0.768. The molecule has 12 rings (SSSR count). The van der Waals surface area contributed by atoms with E-state index in [-0.39, 0.29) is 153 Å². The summed E-state index contributed by atoms with van der Waals surface area (Å²) in [5.41, 5.74) is 1.89. The molecule has 0 spiro atoms. The fourth-order valence-electron chi connectivity index (χ4n) is 17.1. The predicted molar refractivity (Wildman–Crippen MR) is 417 cm³/mol. The Hall–Kier alpha value is -9.72. The Morgan fingerprint density at radius 3 is 1.54 bits per heavy atom. The first-order valence-corrected chi connectivity index (χ1v) is 42.6. The molecule has 8 bridgehead atoms. The summed E-state index contributed by atoms with van der Waals surface area (Å²) in [6.07, 6.45) is 5.79. The third-order valence-corrected chi connectivity index (χ3v) is 27.1. The summed E-state index contributed by atoms with van der Waals surface area (Å²) in [4.78, 5) is 178. The first-order valence-electron chi connectivity index (χ1n) is 39.5. The van der Waals surface area contributed by atoms with Gasteiger partial charge in [0.2, 0.25) is 43.7 Å². The number of allylic oxidation sites excluding steroid dienone is 6. The molecular weight excluding hydrogens is 1510 g/mol. The van der Waals surface area contributed by atoms with Gasteiger partial charge in [0.1, 0.15) is 47.5 Å². The van der Waals surface area contributed by atoms with Crippen LogP contribution in [0.15, 0.2) is 84.0 Å². The van der Waals surface area contributed by atoms with Crippen molar-refractivity contribution < 1.29 is 93.3 Å². The lowest BCUT2D eigenvalue weighted by Gasteiger charge is -2.46. The first-order chi connectivity index (χ1) is 53.8. The first kappa shape index (κ1) is 83.7. The van der Waals surface area contributed by atoms with Gasteiger partial charge in [-0.1, -0.05) is 112 Å². The monoisotopic (exact) mass is 1610 g/mol. The van der Waals surface area contributed by atoms with Crippen LogP contribution in [0, 0.1) is 22.7 Å². The molecule has 4 saturated carbocycles. The third kappa shape index (κ3) is 19.8. The van der Waals surface area contributed by atoms with E-state index in [0.29, 0.717) is 48.8 Å². The third-order valence-electron chi connectivity index (χ3n) is 23.4. The Labute approximate surface area is 665 Å². The molecular formula is C82H106N10O20S2. The van der Waals surface area contributed by atoms with E-state index in [2.05, 4.69) is 37.3 Å². The van der Waals surface area contributed by atoms with Crippen molar-refractivity contribution in [2.45, 2.75) is 255 Å². The highest BCUT2D eigenvalue weighted by molar-refractivity contribution is 7.91. The molecule has 114 heavy (non-hydrogen) atoms. The minimum atomic E-state index is -4.58. The Morgan fingerprint density at radius 1 is 0.605 bits per heavy atom. The Kier molecular flexibility index (Phi) is 24.7. The van der Waals surface area contributed by atoms with Crippen LogP contribution < -0.4 is 30.7 Å². The molecule has 30 nitrogen and oxygen atoms in total. The predicted octanol–water partition coefficient (Wildman–Crippen LogP) is 8.02. The van der Waals surface area contributed by atoms with E-state index in [9.17, 15) is 60.0 Å². The van der Waals surface area contributed by atoms with Gasteiger partial charge in [-0.05, 0) is 168 Å². The molecule has 32 heteroatoms. The van der Waals surface area contributed by atoms with Crippen LogP contribution in [-0.2, 0) is 104 Å². The molecule has 6 fully saturated rings. The van der Waals surface area contributed by atoms with E-state index in [0.717, 1.165) is 43.2 Å². The molecule has 2 aromatic rings. The van der Waals surface area contributed by atoms with Gasteiger partial charge in [-0.3, -0.25) is 57.6 Å². The number of hydrogen-bond donors (Lipinski definition) is 6. The highest BCUT2D eigenvalue weighted by Gasteiger charge is 2.58. The summed E-state index contributed by atoms with van der Waals surface area (Å²) in [6, 6.07) is 5.45. The minimum Gasteiger partial charge on any atom is -0.449 e. The van der Waals surface area contributed by atoms with Crippen LogP contribution in [-0.4, -0.2) is 192 Å². The maximum absolute atomic E-state index is 15.3. The zero-order valence-electron chi connectivity index (χ0n) is 66.1. The number of nitrogens with zero attached hydrogens (tertiary/aromatic N) is 4. The molecule has 4 aliphatic carbocycles. The molecule has 10 aliphatic rings. The number of amides is 10. The normalized spacial score (nSPS) is 28.3. The average Bonchev–Trinajstić information content (AvgIpc) is 1.54. The number of hydrogen-bond acceptors (Lipinski definition) is 20. The van der Waals surface area contributed by atoms with E-state index in [4.69, 9.17) is 18.9 Å². The van der Waals surface area contributed by atoms with Gasteiger partial charge in [-0.15, -0.1) is 0 Å². The number of carbonyl (C=O) groups excluding carboxylic acids is 12. The van der Waals surface area contributed by atoms with Crippen LogP contribution in [0.5, 0.6) is 0 Å². The molecule has 6 heterocycles. The summed E-state index contributed by atoms with van der Waals surface area (Å²) in [6.45, 7) is 18.0. The van der Waals surface area contributed by atoms with Crippen molar-refractivity contribution in [3.8, 4) is 0 Å². The molecule has 6 N–H and O–H groups in total. The molecule has 6 aliphatic heterocycles. The molecule has 0 aromatic heterocycles. The summed E-state index contributed by atoms with van der Waals surface area (Å²) in [7, 11) is -8.63. The SMILES string of the molecule is C=C1CC(NC(=O)C2CC3CN2C(=O)C(CCC(=O)C=C(C)C)NC(=O)OCC(C)(C)CCC=Cc2cccc4c2CN(C4)C(=O)O3)(C(=O)NS(=O)(=O)C2CC2CC2(C)CCC=Cc3cccc4c3CN(C4)C(=O)OC3CC(C(=O)NC4(C(=O)NS(=O)(=O)C5CC5)CC(C)C4)N(C3)C(=O)C(CCC(=O)C=C(C)C)NC(=O)OC2)C1. The molecule has 616 valence electrons. The summed E-state index contributed by atoms with van der Waals surface area (Å²) >= 11 is 0. The van der Waals surface area contributed by atoms with Gasteiger partial charge in [0.05, 0.1) is 49.9 Å². The van der Waals surface area contributed by atoms with Crippen molar-refractivity contribution in [3.63, 3.8) is 0 Å². The molecule has 0 radical (unpaired) electrons. The smallest absolute Gasteiger partial charge is 0.410 e. The number of benzene rings is 2. The van der Waals surface area contributed by atoms with Crippen LogP contribution in [0.3, 0.4) is 0 Å². The van der Waals surface area contributed by atoms with Crippen molar-refractivity contribution in [1.82, 2.24) is 50.3 Å². The van der Waals surface area contributed by atoms with Gasteiger partial charge < -0.3 is 50.0 Å². The fourth-order valence-corrected chi connectivity index (χ4v) is 20.2. The number of sulfonamides is 2. The van der Waals surface area contributed by atoms with Gasteiger partial charge >= 0.3 is 24.4 Å². The van der Waals surface area contributed by atoms with E-state index >= 15 is 14.4 Å². The van der Waals surface area contributed by atoms with E-state index < -0.39 is 155 Å². The Bertz CT molecular complexity index is 4600. The number of nitrogens with one attached hydrogen (secondary N) is 6. The lowest BCUT2D eigenvalue weighted by Crippen LogP contribution is -2.68. The molecule has 2 saturated heterocycles. The van der Waals surface area contributed by atoms with E-state index in [1.807, 2.05) is 81.5 Å². The number of ether oxygens (including phenoxy) is 4. The van der Waals surface area contributed by atoms with Gasteiger partial charge in [0, 0.05) is 57.0 Å². The largest absolute Gasteiger partial charge is 0.449 e. The van der Waals surface area contributed by atoms with Crippen molar-refractivity contribution in [1.29, 1.82) is 0 Å². The molecule has 2 aromatic carbocycles. The molecule has 9 unspecified atom stereocenters. The van der Waals surface area contributed by atoms with E-state index in [1.165, 1.54) is 22.0 Å². The van der Waals surface area contributed by atoms with Gasteiger partial charge in [-0.2, -0.15) is 0 Å². The number of alkyl carbamates (subject to hydrolysis) is 2. The van der Waals surface area contributed by atoms with Crippen LogP contribution in [0.25, 0.3) is 12.2 Å². The fraction of sp³-hybridized carbons (Fsp3) is 0.585. The maximum atomic E-state index is 15.3. The number of ketones is 2. The summed E-state index contributed by atoms with van der Waals surface area (Å²) in [5.74, 6) is -6.92. The maximum Gasteiger partial charge on any atom is 0.410 e. The number of carbonyl (C=O) groups is 12. The highest BCUT2D eigenvalue weighted by atomic mass is 32.2. The lowest BCUT2D eigenvalue weighted by molar-refractivity contribution is -0.144. The van der Waals surface area contributed by atoms with Crippen molar-refractivity contribution in [2.75, 3.05) is 26.3 Å². The molecule has 9 atom stereocenters. The standard InChI is InChI=1S/C82H106N10O20S2/c1-48(2)30-57(93)22-26-64-71(97)91-42-60(112-77(103)89-40-54-20-14-18-52(62(54)44-89)16-10-12-28-79(7,8)46-109-75(101)83-64)34-67(91)70(96)86-82(37-51(6)38-82)74(100)88-114(107,108)68-32-56(68)39-80(9)29-13-11-17-53-19-15-21-55-41-90(45-63(53)55)78(104)111-59-33-66(69(95)85-81(35-50(5)36-81)73(99)87-113(105,106)61-24-25-61)92(43-59)72(98)65(84-76(102)110-47-80)27-23-58(94)31-49(3)4/h10-11,14-21,30-31,50,56,59-61,64-68H,6,12-13,22-29,32-47H2,1-5,7-9H3,(H,83,101)(H,84,102)(H,85,95)(H,86,96)(H,87,99)(H,88,100). The Morgan fingerprint density at radius 2 is 1.07 bits per heavy atom. The number of rotatable bonds is 20. The average molecular weight is 1620 g/mol. The molecule has 10 amide bonds. The van der Waals surface area contributed by atoms with Crippen molar-refractivity contribution in [3.05, 3.63) is 117 Å². The van der Waals surface area contributed by atoms with Crippen LogP contribution in [0.2, 0.25) is 0 Å². The quantitative estimate of drug-likeness (QED) is 0.0415. The van der Waals surface area contributed by atoms with E-state index in [1.54, 1.807) is 34.6 Å². The lowest BCUT2D eigenvalue weighted by atomic mass is 9.68. The van der Waals surface area contributed by atoms with Crippen LogP contribution in [0.4, 0.5) is 19.2 Å². The summed E-state index contributed by atoms with van der Waals surface area (Å²) in [5, 5.41) is 8.90. The summed E-state index contributed by atoms with van der Waals surface area (Å²) < 4.78 is 84.0. The van der Waals surface area contributed by atoms with Gasteiger partial charge in [0.25, 0.3) is 11.8 Å². The second-order valence-corrected chi connectivity index (χ2v) is 38.5. The zero-order chi connectivity index (χ0) is 82.1. The van der Waals surface area contributed by atoms with Gasteiger partial charge in [0.15, 0.2) is 11.6 Å². The number of cyclic esters (lactones) is 2. The van der Waals surface area contributed by atoms with Crippen LogP contribution in [0.1, 0.15) is 204 Å². The second kappa shape index (κ2) is 33.6. The van der Waals surface area contributed by atoms with Crippen molar-refractivity contribution >= 4 is 104 Å². The van der Waals surface area contributed by atoms with Crippen LogP contribution >= 0.6 is 0 Å². The van der Waals surface area contributed by atoms with Crippen molar-refractivity contribution in [2.24, 2.45) is 22.7 Å². The highest BCUT2D eigenvalue weighted by Crippen LogP contribution is 2.48. The topological polar surface area (TPSA) is 395 Å².